The molecule has 3 aromatic rings. The summed E-state index contributed by atoms with van der Waals surface area (Å²) in [4.78, 5) is 0. The standard InChI is InChI=1S/C21H20O2/c1-22-20-13-12-19(14-17-8-4-2-5-9-17)21(15-20)23-16-18-10-6-3-7-11-18/h2-13,15H,14,16H2,1H3. The van der Waals surface area contributed by atoms with E-state index in [4.69, 9.17) is 9.47 Å². The molecule has 0 N–H and O–H groups in total. The maximum atomic E-state index is 6.06. The van der Waals surface area contributed by atoms with Crippen molar-refractivity contribution in [2.24, 2.45) is 0 Å². The van der Waals surface area contributed by atoms with Gasteiger partial charge in [0, 0.05) is 12.5 Å². The molecule has 0 fully saturated rings. The van der Waals surface area contributed by atoms with E-state index in [0.717, 1.165) is 29.0 Å². The van der Waals surface area contributed by atoms with E-state index in [1.165, 1.54) is 5.56 Å². The second-order valence-electron chi connectivity index (χ2n) is 5.41. The normalized spacial score (nSPS) is 10.3. The lowest BCUT2D eigenvalue weighted by Gasteiger charge is -2.13. The van der Waals surface area contributed by atoms with Crippen molar-refractivity contribution < 1.29 is 9.47 Å². The molecule has 116 valence electrons. The van der Waals surface area contributed by atoms with Crippen molar-refractivity contribution in [1.82, 2.24) is 0 Å². The molecule has 0 amide bonds. The van der Waals surface area contributed by atoms with Crippen molar-refractivity contribution in [3.05, 3.63) is 95.6 Å². The van der Waals surface area contributed by atoms with Gasteiger partial charge in [0.15, 0.2) is 0 Å². The second-order valence-corrected chi connectivity index (χ2v) is 5.41. The molecule has 0 spiro atoms. The van der Waals surface area contributed by atoms with E-state index < -0.39 is 0 Å². The topological polar surface area (TPSA) is 18.5 Å². The highest BCUT2D eigenvalue weighted by Gasteiger charge is 2.07. The summed E-state index contributed by atoms with van der Waals surface area (Å²) < 4.78 is 11.4. The Morgan fingerprint density at radius 1 is 0.739 bits per heavy atom. The summed E-state index contributed by atoms with van der Waals surface area (Å²) in [5.41, 5.74) is 3.58. The maximum Gasteiger partial charge on any atom is 0.127 e. The van der Waals surface area contributed by atoms with E-state index in [0.29, 0.717) is 6.61 Å². The predicted molar refractivity (Wildman–Crippen MR) is 93.0 cm³/mol. The van der Waals surface area contributed by atoms with E-state index in [2.05, 4.69) is 42.5 Å². The molecule has 3 aromatic carbocycles. The van der Waals surface area contributed by atoms with Gasteiger partial charge in [0.25, 0.3) is 0 Å². The first-order valence-electron chi connectivity index (χ1n) is 7.73. The minimum atomic E-state index is 0.551. The summed E-state index contributed by atoms with van der Waals surface area (Å²) in [6.45, 7) is 0.551. The average Bonchev–Trinajstić information content (AvgIpc) is 2.62. The number of benzene rings is 3. The third kappa shape index (κ3) is 4.13. The minimum Gasteiger partial charge on any atom is -0.497 e. The van der Waals surface area contributed by atoms with E-state index in [1.807, 2.05) is 36.4 Å². The van der Waals surface area contributed by atoms with Crippen LogP contribution in [0.2, 0.25) is 0 Å². The van der Waals surface area contributed by atoms with Crippen molar-refractivity contribution in [2.75, 3.05) is 7.11 Å². The van der Waals surface area contributed by atoms with Gasteiger partial charge < -0.3 is 9.47 Å². The number of hydrogen-bond acceptors (Lipinski definition) is 2. The average molecular weight is 304 g/mol. The molecule has 0 saturated heterocycles. The number of ether oxygens (including phenoxy) is 2. The Morgan fingerprint density at radius 2 is 1.39 bits per heavy atom. The molecule has 0 aromatic heterocycles. The Kier molecular flexibility index (Phi) is 4.95. The number of hydrogen-bond donors (Lipinski definition) is 0. The molecule has 0 heterocycles. The fourth-order valence-corrected chi connectivity index (χ4v) is 2.49. The van der Waals surface area contributed by atoms with Gasteiger partial charge in [-0.2, -0.15) is 0 Å². The highest BCUT2D eigenvalue weighted by Crippen LogP contribution is 2.27. The summed E-state index contributed by atoms with van der Waals surface area (Å²) in [6, 6.07) is 26.6. The zero-order valence-electron chi connectivity index (χ0n) is 13.2. The molecule has 0 unspecified atom stereocenters. The lowest BCUT2D eigenvalue weighted by Crippen LogP contribution is -2.00. The smallest absolute Gasteiger partial charge is 0.127 e. The molecular formula is C21H20O2. The molecule has 2 heteroatoms. The van der Waals surface area contributed by atoms with Crippen LogP contribution in [-0.2, 0) is 13.0 Å². The molecule has 0 radical (unpaired) electrons. The SMILES string of the molecule is COc1ccc(Cc2ccccc2)c(OCc2ccccc2)c1. The third-order valence-electron chi connectivity index (χ3n) is 3.75. The summed E-state index contributed by atoms with van der Waals surface area (Å²) in [5, 5.41) is 0. The molecule has 0 atom stereocenters. The first-order valence-corrected chi connectivity index (χ1v) is 7.73. The predicted octanol–water partition coefficient (Wildman–Crippen LogP) is 4.87. The number of methoxy groups -OCH3 is 1. The summed E-state index contributed by atoms with van der Waals surface area (Å²) in [6.07, 6.45) is 0.842. The molecular weight excluding hydrogens is 284 g/mol. The van der Waals surface area contributed by atoms with Crippen molar-refractivity contribution >= 4 is 0 Å². The Hall–Kier alpha value is -2.74. The minimum absolute atomic E-state index is 0.551. The Labute approximate surface area is 137 Å². The lowest BCUT2D eigenvalue weighted by atomic mass is 10.0. The van der Waals surface area contributed by atoms with Gasteiger partial charge in [-0.1, -0.05) is 66.7 Å². The van der Waals surface area contributed by atoms with Crippen LogP contribution in [0.4, 0.5) is 0 Å². The Morgan fingerprint density at radius 3 is 2.04 bits per heavy atom. The maximum absolute atomic E-state index is 6.06. The van der Waals surface area contributed by atoms with Gasteiger partial charge in [-0.05, 0) is 22.8 Å². The van der Waals surface area contributed by atoms with E-state index in [9.17, 15) is 0 Å². The molecule has 23 heavy (non-hydrogen) atoms. The van der Waals surface area contributed by atoms with Gasteiger partial charge in [0.1, 0.15) is 18.1 Å². The molecule has 0 aliphatic carbocycles. The van der Waals surface area contributed by atoms with Gasteiger partial charge in [-0.3, -0.25) is 0 Å². The second kappa shape index (κ2) is 7.50. The molecule has 0 saturated carbocycles. The van der Waals surface area contributed by atoms with Crippen molar-refractivity contribution in [3.8, 4) is 11.5 Å². The largest absolute Gasteiger partial charge is 0.497 e. The van der Waals surface area contributed by atoms with Crippen LogP contribution < -0.4 is 9.47 Å². The molecule has 3 rings (SSSR count). The first kappa shape index (κ1) is 15.2. The summed E-state index contributed by atoms with van der Waals surface area (Å²) in [7, 11) is 1.67. The quantitative estimate of drug-likeness (QED) is 0.647. The summed E-state index contributed by atoms with van der Waals surface area (Å²) in [5.74, 6) is 1.68. The van der Waals surface area contributed by atoms with Crippen LogP contribution in [0.3, 0.4) is 0 Å². The van der Waals surface area contributed by atoms with Gasteiger partial charge in [0.05, 0.1) is 7.11 Å². The van der Waals surface area contributed by atoms with Crippen LogP contribution >= 0.6 is 0 Å². The monoisotopic (exact) mass is 304 g/mol. The van der Waals surface area contributed by atoms with Crippen LogP contribution in [0.15, 0.2) is 78.9 Å². The van der Waals surface area contributed by atoms with Gasteiger partial charge in [-0.15, -0.1) is 0 Å². The van der Waals surface area contributed by atoms with Crippen molar-refractivity contribution in [2.45, 2.75) is 13.0 Å². The van der Waals surface area contributed by atoms with Crippen LogP contribution in [0.25, 0.3) is 0 Å². The van der Waals surface area contributed by atoms with Gasteiger partial charge >= 0.3 is 0 Å². The number of rotatable bonds is 6. The molecule has 0 bridgehead atoms. The van der Waals surface area contributed by atoms with Crippen LogP contribution in [0.1, 0.15) is 16.7 Å². The van der Waals surface area contributed by atoms with E-state index >= 15 is 0 Å². The first-order chi connectivity index (χ1) is 11.3. The Bertz CT molecular complexity index is 736. The van der Waals surface area contributed by atoms with Crippen LogP contribution in [-0.4, -0.2) is 7.11 Å². The molecule has 2 nitrogen and oxygen atoms in total. The van der Waals surface area contributed by atoms with Crippen molar-refractivity contribution in [3.63, 3.8) is 0 Å². The highest BCUT2D eigenvalue weighted by molar-refractivity contribution is 5.43. The van der Waals surface area contributed by atoms with Crippen LogP contribution in [0, 0.1) is 0 Å². The molecule has 0 aliphatic rings. The van der Waals surface area contributed by atoms with E-state index in [1.54, 1.807) is 7.11 Å². The zero-order valence-corrected chi connectivity index (χ0v) is 13.2. The van der Waals surface area contributed by atoms with Gasteiger partial charge in [-0.25, -0.2) is 0 Å². The summed E-state index contributed by atoms with van der Waals surface area (Å²) >= 11 is 0. The van der Waals surface area contributed by atoms with E-state index in [-0.39, 0.29) is 0 Å². The van der Waals surface area contributed by atoms with Crippen LogP contribution in [0.5, 0.6) is 11.5 Å². The van der Waals surface area contributed by atoms with Crippen molar-refractivity contribution in [1.29, 1.82) is 0 Å². The van der Waals surface area contributed by atoms with Gasteiger partial charge in [0.2, 0.25) is 0 Å². The fraction of sp³-hybridized carbons (Fsp3) is 0.143. The molecule has 0 aliphatic heterocycles. The third-order valence-corrected chi connectivity index (χ3v) is 3.75. The Balaban J connectivity index is 1.81. The lowest BCUT2D eigenvalue weighted by molar-refractivity contribution is 0.301. The highest BCUT2D eigenvalue weighted by atomic mass is 16.5. The zero-order chi connectivity index (χ0) is 15.9. The fourth-order valence-electron chi connectivity index (χ4n) is 2.49.